The smallest absolute Gasteiger partial charge is 0.323 e. The Morgan fingerprint density at radius 3 is 2.70 bits per heavy atom. The van der Waals surface area contributed by atoms with E-state index in [1.54, 1.807) is 4.68 Å². The van der Waals surface area contributed by atoms with Crippen molar-refractivity contribution in [2.45, 2.75) is 24.3 Å². The van der Waals surface area contributed by atoms with E-state index in [0.717, 1.165) is 68.8 Å². The fourth-order valence-electron chi connectivity index (χ4n) is 3.83. The molecule has 0 spiro atoms. The van der Waals surface area contributed by atoms with E-state index in [-0.39, 0.29) is 17.1 Å². The van der Waals surface area contributed by atoms with Crippen LogP contribution in [-0.2, 0) is 17.6 Å². The zero-order valence-corrected chi connectivity index (χ0v) is 17.5. The first kappa shape index (κ1) is 20.8. The van der Waals surface area contributed by atoms with Gasteiger partial charge in [0.25, 0.3) is 0 Å². The zero-order valence-electron chi connectivity index (χ0n) is 16.7. The summed E-state index contributed by atoms with van der Waals surface area (Å²) in [5.41, 5.74) is 1.59. The average Bonchev–Trinajstić information content (AvgIpc) is 3.19. The van der Waals surface area contributed by atoms with Crippen molar-refractivity contribution < 1.29 is 13.6 Å². The van der Waals surface area contributed by atoms with Crippen molar-refractivity contribution in [1.29, 1.82) is 0 Å². The van der Waals surface area contributed by atoms with E-state index >= 15 is 0 Å². The maximum absolute atomic E-state index is 13.7. The molecule has 1 aromatic carbocycles. The molecule has 4 rings (SSSR count). The Labute approximate surface area is 177 Å². The Bertz CT molecular complexity index is 1020. The summed E-state index contributed by atoms with van der Waals surface area (Å²) in [6.07, 6.45) is 2.56. The zero-order chi connectivity index (χ0) is 21.3. The third-order valence-electron chi connectivity index (χ3n) is 5.39. The molecule has 1 fully saturated rings. The first-order chi connectivity index (χ1) is 14.4. The summed E-state index contributed by atoms with van der Waals surface area (Å²) in [5.74, 6) is -2.00. The van der Waals surface area contributed by atoms with Gasteiger partial charge < -0.3 is 15.2 Å². The number of thioether (sulfide) groups is 1. The van der Waals surface area contributed by atoms with Crippen LogP contribution < -0.4 is 16.0 Å². The molecule has 1 saturated heterocycles. The molecule has 0 bridgehead atoms. The highest BCUT2D eigenvalue weighted by molar-refractivity contribution is 8.00. The first-order valence-corrected chi connectivity index (χ1v) is 10.9. The second-order valence-corrected chi connectivity index (χ2v) is 8.47. The van der Waals surface area contributed by atoms with Gasteiger partial charge in [0, 0.05) is 37.8 Å². The molecule has 10 heteroatoms. The number of fused-ring (bicyclic) bond motifs is 1. The summed E-state index contributed by atoms with van der Waals surface area (Å²) < 4.78 is 28.4. The minimum absolute atomic E-state index is 0.0196. The van der Waals surface area contributed by atoms with Gasteiger partial charge in [-0.05, 0) is 38.4 Å². The van der Waals surface area contributed by atoms with Crippen LogP contribution in [-0.4, -0.2) is 59.4 Å². The van der Waals surface area contributed by atoms with E-state index in [1.807, 2.05) is 0 Å². The quantitative estimate of drug-likeness (QED) is 0.569. The number of rotatable bonds is 5. The molecule has 1 aliphatic heterocycles. The van der Waals surface area contributed by atoms with Crippen molar-refractivity contribution in [3.63, 3.8) is 0 Å². The summed E-state index contributed by atoms with van der Waals surface area (Å²) in [4.78, 5) is 31.5. The molecule has 0 saturated carbocycles. The molecule has 160 valence electrons. The molecule has 30 heavy (non-hydrogen) atoms. The van der Waals surface area contributed by atoms with E-state index in [4.69, 9.17) is 0 Å². The van der Waals surface area contributed by atoms with Crippen molar-refractivity contribution in [1.82, 2.24) is 14.6 Å². The lowest BCUT2D eigenvalue weighted by Gasteiger charge is -2.35. The topological polar surface area (TPSA) is 70.5 Å². The van der Waals surface area contributed by atoms with Crippen LogP contribution in [0.3, 0.4) is 0 Å². The number of halogens is 2. The molecule has 2 aromatic rings. The second-order valence-electron chi connectivity index (χ2n) is 7.51. The van der Waals surface area contributed by atoms with Gasteiger partial charge in [0.2, 0.25) is 5.91 Å². The highest BCUT2D eigenvalue weighted by Crippen LogP contribution is 2.29. The first-order valence-electron chi connectivity index (χ1n) is 9.88. The summed E-state index contributed by atoms with van der Waals surface area (Å²) in [6, 6.07) is 2.98. The minimum Gasteiger partial charge on any atom is -0.323 e. The Balaban J connectivity index is 1.48. The number of anilines is 1. The molecule has 2 aliphatic rings. The van der Waals surface area contributed by atoms with Crippen LogP contribution in [0.5, 0.6) is 0 Å². The molecule has 0 radical (unpaired) electrons. The monoisotopic (exact) mass is 435 g/mol. The molecule has 1 N–H and O–H groups in total. The normalized spacial score (nSPS) is 16.6. The van der Waals surface area contributed by atoms with E-state index in [2.05, 4.69) is 27.3 Å². The highest BCUT2D eigenvalue weighted by Gasteiger charge is 2.26. The van der Waals surface area contributed by atoms with Crippen LogP contribution in [0.1, 0.15) is 17.7 Å². The van der Waals surface area contributed by atoms with Gasteiger partial charge in [0.1, 0.15) is 16.7 Å². The summed E-state index contributed by atoms with van der Waals surface area (Å²) in [5, 5.41) is 5.05. The lowest BCUT2D eigenvalue weighted by molar-refractivity contribution is -0.113. The fraction of sp³-hybridized carbons (Fsp3) is 0.450. The van der Waals surface area contributed by atoms with Gasteiger partial charge in [-0.3, -0.25) is 4.79 Å². The number of aromatic nitrogens is 2. The van der Waals surface area contributed by atoms with Crippen LogP contribution in [0.2, 0.25) is 0 Å². The van der Waals surface area contributed by atoms with E-state index in [1.165, 1.54) is 17.8 Å². The summed E-state index contributed by atoms with van der Waals surface area (Å²) in [6.45, 7) is 3.31. The molecular formula is C20H23F2N5O2S. The lowest BCUT2D eigenvalue weighted by atomic mass is 10.3. The number of likely N-dealkylation sites (N-methyl/N-ethyl adjacent to an activating group) is 1. The number of piperazine rings is 1. The molecule has 1 aromatic heterocycles. The number of nitrogens with one attached hydrogen (secondary N) is 1. The van der Waals surface area contributed by atoms with Crippen molar-refractivity contribution in [3.8, 4) is 0 Å². The lowest BCUT2D eigenvalue weighted by Crippen LogP contribution is -2.54. The molecule has 1 aliphatic carbocycles. The van der Waals surface area contributed by atoms with Crippen molar-refractivity contribution in [3.05, 3.63) is 51.6 Å². The van der Waals surface area contributed by atoms with E-state index in [9.17, 15) is 18.4 Å². The highest BCUT2D eigenvalue weighted by atomic mass is 32.2. The molecule has 7 nitrogen and oxygen atoms in total. The van der Waals surface area contributed by atoms with Gasteiger partial charge >= 0.3 is 5.69 Å². The standard InChI is InChI=1S/C20H23F2N5O2S/c1-25-7-9-26(10-8-25)27-17-4-2-3-14(17)19(24-20(27)29)30-12-18(28)23-16-6-5-13(21)11-15(16)22/h5-6,11H,2-4,7-10,12H2,1H3,(H,23,28). The van der Waals surface area contributed by atoms with Crippen molar-refractivity contribution >= 4 is 23.4 Å². The predicted octanol–water partition coefficient (Wildman–Crippen LogP) is 1.62. The Morgan fingerprint density at radius 2 is 1.97 bits per heavy atom. The Morgan fingerprint density at radius 1 is 1.20 bits per heavy atom. The largest absolute Gasteiger partial charge is 0.367 e. The molecular weight excluding hydrogens is 412 g/mol. The number of amides is 1. The maximum Gasteiger partial charge on any atom is 0.367 e. The van der Waals surface area contributed by atoms with Gasteiger partial charge in [-0.25, -0.2) is 18.3 Å². The van der Waals surface area contributed by atoms with Crippen LogP contribution >= 0.6 is 11.8 Å². The van der Waals surface area contributed by atoms with E-state index in [0.29, 0.717) is 5.03 Å². The third kappa shape index (κ3) is 4.34. The van der Waals surface area contributed by atoms with Gasteiger partial charge in [-0.15, -0.1) is 0 Å². The number of hydrogen-bond donors (Lipinski definition) is 1. The van der Waals surface area contributed by atoms with Crippen molar-refractivity contribution in [2.75, 3.05) is 49.3 Å². The van der Waals surface area contributed by atoms with E-state index < -0.39 is 17.5 Å². The maximum atomic E-state index is 13.7. The third-order valence-corrected chi connectivity index (χ3v) is 6.41. The molecule has 0 atom stereocenters. The number of carbonyl (C=O) groups excluding carboxylic acids is 1. The summed E-state index contributed by atoms with van der Waals surface area (Å²) >= 11 is 1.17. The number of carbonyl (C=O) groups is 1. The fourth-order valence-corrected chi connectivity index (χ4v) is 4.70. The minimum atomic E-state index is -0.831. The summed E-state index contributed by atoms with van der Waals surface area (Å²) in [7, 11) is 2.06. The average molecular weight is 436 g/mol. The second kappa shape index (κ2) is 8.73. The van der Waals surface area contributed by atoms with Crippen LogP contribution in [0.4, 0.5) is 14.5 Å². The van der Waals surface area contributed by atoms with Crippen molar-refractivity contribution in [2.24, 2.45) is 0 Å². The SMILES string of the molecule is CN1CCN(n2c3c(c(SCC(=O)Nc4ccc(F)cc4F)nc2=O)CCC3)CC1. The van der Waals surface area contributed by atoms with Gasteiger partial charge in [-0.2, -0.15) is 4.98 Å². The number of hydrogen-bond acceptors (Lipinski definition) is 6. The van der Waals surface area contributed by atoms with Crippen LogP contribution in [0, 0.1) is 11.6 Å². The molecule has 2 heterocycles. The van der Waals surface area contributed by atoms with Gasteiger partial charge in [-0.1, -0.05) is 11.8 Å². The Kier molecular flexibility index (Phi) is 6.05. The Hall–Kier alpha value is -2.46. The number of nitrogens with zero attached hydrogens (tertiary/aromatic N) is 4. The van der Waals surface area contributed by atoms with Gasteiger partial charge in [0.15, 0.2) is 0 Å². The van der Waals surface area contributed by atoms with Crippen LogP contribution in [0.15, 0.2) is 28.0 Å². The molecule has 0 unspecified atom stereocenters. The molecule has 1 amide bonds. The van der Waals surface area contributed by atoms with Gasteiger partial charge in [0.05, 0.1) is 17.1 Å². The number of benzene rings is 1. The predicted molar refractivity (Wildman–Crippen MR) is 112 cm³/mol. The van der Waals surface area contributed by atoms with Crippen LogP contribution in [0.25, 0.3) is 0 Å².